The van der Waals surface area contributed by atoms with E-state index in [0.29, 0.717) is 0 Å². The summed E-state index contributed by atoms with van der Waals surface area (Å²) in [5.74, 6) is 0. The lowest BCUT2D eigenvalue weighted by Crippen LogP contribution is -2.09. The first kappa shape index (κ1) is 40.4. The molecule has 2 aliphatic carbocycles. The summed E-state index contributed by atoms with van der Waals surface area (Å²) in [6, 6.07) is 36.4. The standard InChI is InChI=1S/C20H21N.C13H14.C7H8.2C2H6.C2H4/c1-16-11-13-19(14-12-16)21(2)20-10-6-9-18(15-20)17-7-4-3-5-8-17;1-11-6-5-9-13(10-11)12-7-3-2-4-8-12;1-7-5-3-2-4-6-7;3*1-2/h3-4,6-7,9-15H,5,8H2,1-2H3;3,5-10H,2,4H2,1H3;2-6H,1H3;2*1-2H3;1-2H2. The number of nitrogens with zero attached hydrogens (tertiary/aromatic N) is 1. The van der Waals surface area contributed by atoms with E-state index in [2.05, 4.69) is 167 Å². The first-order chi connectivity index (χ1) is 23.0. The van der Waals surface area contributed by atoms with E-state index in [-0.39, 0.29) is 0 Å². The predicted molar refractivity (Wildman–Crippen MR) is 215 cm³/mol. The Hall–Kier alpha value is -4.62. The Bertz CT molecular complexity index is 1520. The SMILES string of the molecule is C=C.CC.CC.Cc1ccc(N(C)c2cccc(C3=CC=CCC3)c2)cc1.Cc1cccc(C2=CCCC=C2)c1.Cc1ccccc1. The molecule has 248 valence electrons. The van der Waals surface area contributed by atoms with Crippen LogP contribution in [-0.4, -0.2) is 7.05 Å². The van der Waals surface area contributed by atoms with Gasteiger partial charge in [0.15, 0.2) is 0 Å². The van der Waals surface area contributed by atoms with Gasteiger partial charge in [-0.15, -0.1) is 13.2 Å². The number of allylic oxidation sites excluding steroid dienone is 8. The average molecular weight is 626 g/mol. The molecule has 0 fully saturated rings. The number of rotatable bonds is 4. The lowest BCUT2D eigenvalue weighted by atomic mass is 9.97. The van der Waals surface area contributed by atoms with Crippen molar-refractivity contribution in [2.24, 2.45) is 0 Å². The van der Waals surface area contributed by atoms with Gasteiger partial charge < -0.3 is 4.90 Å². The molecule has 0 atom stereocenters. The van der Waals surface area contributed by atoms with Crippen LogP contribution in [0.4, 0.5) is 11.4 Å². The van der Waals surface area contributed by atoms with Crippen LogP contribution in [0.5, 0.6) is 0 Å². The fourth-order valence-electron chi connectivity index (χ4n) is 4.86. The van der Waals surface area contributed by atoms with E-state index in [1.807, 2.05) is 45.9 Å². The lowest BCUT2D eigenvalue weighted by Gasteiger charge is -2.21. The maximum atomic E-state index is 3.00. The van der Waals surface area contributed by atoms with Gasteiger partial charge in [0.05, 0.1) is 0 Å². The third-order valence-electron chi connectivity index (χ3n) is 7.33. The minimum atomic E-state index is 1.13. The number of hydrogen-bond donors (Lipinski definition) is 0. The number of benzene rings is 4. The highest BCUT2D eigenvalue weighted by Crippen LogP contribution is 2.29. The highest BCUT2D eigenvalue weighted by atomic mass is 15.1. The molecule has 1 nitrogen and oxygen atoms in total. The van der Waals surface area contributed by atoms with Crippen LogP contribution in [0, 0.1) is 20.8 Å². The van der Waals surface area contributed by atoms with E-state index in [0.717, 1.165) is 12.8 Å². The van der Waals surface area contributed by atoms with Crippen LogP contribution in [-0.2, 0) is 0 Å². The molecule has 4 aromatic rings. The van der Waals surface area contributed by atoms with Gasteiger partial charge >= 0.3 is 0 Å². The molecule has 0 aromatic heterocycles. The van der Waals surface area contributed by atoms with Gasteiger partial charge in [-0.2, -0.15) is 0 Å². The van der Waals surface area contributed by atoms with Crippen molar-refractivity contribution < 1.29 is 0 Å². The van der Waals surface area contributed by atoms with Gasteiger partial charge in [0.1, 0.15) is 0 Å². The van der Waals surface area contributed by atoms with E-state index >= 15 is 0 Å². The van der Waals surface area contributed by atoms with E-state index in [4.69, 9.17) is 0 Å². The summed E-state index contributed by atoms with van der Waals surface area (Å²) < 4.78 is 0. The summed E-state index contributed by atoms with van der Waals surface area (Å²) in [5.41, 5.74) is 11.9. The highest BCUT2D eigenvalue weighted by Gasteiger charge is 2.08. The monoisotopic (exact) mass is 625 g/mol. The zero-order valence-corrected chi connectivity index (χ0v) is 30.5. The van der Waals surface area contributed by atoms with Crippen LogP contribution < -0.4 is 4.90 Å². The molecule has 0 radical (unpaired) electrons. The van der Waals surface area contributed by atoms with Crippen molar-refractivity contribution in [2.45, 2.75) is 74.1 Å². The van der Waals surface area contributed by atoms with Gasteiger partial charge in [0, 0.05) is 18.4 Å². The van der Waals surface area contributed by atoms with Crippen molar-refractivity contribution >= 4 is 22.5 Å². The molecule has 1 heteroatoms. The van der Waals surface area contributed by atoms with Crippen molar-refractivity contribution in [1.29, 1.82) is 0 Å². The molecule has 0 saturated carbocycles. The zero-order valence-electron chi connectivity index (χ0n) is 30.5. The zero-order chi connectivity index (χ0) is 34.9. The van der Waals surface area contributed by atoms with Gasteiger partial charge in [0.2, 0.25) is 0 Å². The number of aryl methyl sites for hydroxylation is 3. The third kappa shape index (κ3) is 15.0. The van der Waals surface area contributed by atoms with Gasteiger partial charge in [-0.25, -0.2) is 0 Å². The van der Waals surface area contributed by atoms with Crippen LogP contribution in [0.25, 0.3) is 11.1 Å². The molecule has 0 aliphatic heterocycles. The normalized spacial score (nSPS) is 12.2. The van der Waals surface area contributed by atoms with Gasteiger partial charge in [-0.1, -0.05) is 160 Å². The molecule has 47 heavy (non-hydrogen) atoms. The summed E-state index contributed by atoms with van der Waals surface area (Å²) in [4.78, 5) is 2.24. The Morgan fingerprint density at radius 3 is 1.72 bits per heavy atom. The third-order valence-corrected chi connectivity index (χ3v) is 7.33. The summed E-state index contributed by atoms with van der Waals surface area (Å²) >= 11 is 0. The minimum absolute atomic E-state index is 1.13. The molecule has 0 saturated heterocycles. The van der Waals surface area contributed by atoms with Crippen LogP contribution in [0.3, 0.4) is 0 Å². The summed E-state index contributed by atoms with van der Waals surface area (Å²) in [7, 11) is 2.12. The average Bonchev–Trinajstić information content (AvgIpc) is 3.16. The van der Waals surface area contributed by atoms with E-state index in [1.54, 1.807) is 0 Å². The van der Waals surface area contributed by atoms with Gasteiger partial charge in [-0.3, -0.25) is 0 Å². The molecule has 6 rings (SSSR count). The van der Waals surface area contributed by atoms with Crippen molar-refractivity contribution in [3.05, 3.63) is 181 Å². The molecule has 2 aliphatic rings. The Labute approximate surface area is 288 Å². The van der Waals surface area contributed by atoms with Crippen molar-refractivity contribution in [3.63, 3.8) is 0 Å². The highest BCUT2D eigenvalue weighted by molar-refractivity contribution is 5.75. The Kier molecular flexibility index (Phi) is 21.1. The van der Waals surface area contributed by atoms with Gasteiger partial charge in [0.25, 0.3) is 0 Å². The maximum absolute atomic E-state index is 3.00. The first-order valence-electron chi connectivity index (χ1n) is 17.2. The fraction of sp³-hybridized carbons (Fsp3) is 0.261. The molecular formula is C46H59N. The van der Waals surface area contributed by atoms with Crippen LogP contribution in [0.2, 0.25) is 0 Å². The van der Waals surface area contributed by atoms with Crippen LogP contribution >= 0.6 is 0 Å². The topological polar surface area (TPSA) is 3.24 Å². The van der Waals surface area contributed by atoms with Crippen molar-refractivity contribution in [1.82, 2.24) is 0 Å². The molecule has 0 N–H and O–H groups in total. The summed E-state index contributed by atoms with van der Waals surface area (Å²) in [6.45, 7) is 20.3. The predicted octanol–water partition coefficient (Wildman–Crippen LogP) is 14.1. The van der Waals surface area contributed by atoms with Crippen molar-refractivity contribution in [3.8, 4) is 0 Å². The molecular weight excluding hydrogens is 567 g/mol. The fourth-order valence-corrected chi connectivity index (χ4v) is 4.86. The first-order valence-corrected chi connectivity index (χ1v) is 17.2. The van der Waals surface area contributed by atoms with Crippen LogP contribution in [0.15, 0.2) is 153 Å². The minimum Gasteiger partial charge on any atom is -0.345 e. The Balaban J connectivity index is 0.000000361. The number of hydrogen-bond acceptors (Lipinski definition) is 1. The van der Waals surface area contributed by atoms with E-state index in [1.165, 1.54) is 63.2 Å². The molecule has 4 aromatic carbocycles. The van der Waals surface area contributed by atoms with E-state index < -0.39 is 0 Å². The largest absolute Gasteiger partial charge is 0.345 e. The summed E-state index contributed by atoms with van der Waals surface area (Å²) in [6.07, 6.45) is 18.0. The van der Waals surface area contributed by atoms with Crippen LogP contribution in [0.1, 0.15) is 81.2 Å². The van der Waals surface area contributed by atoms with Gasteiger partial charge in [-0.05, 0) is 93.0 Å². The smallest absolute Gasteiger partial charge is 0.0414 e. The lowest BCUT2D eigenvalue weighted by molar-refractivity contribution is 1.04. The second kappa shape index (κ2) is 24.6. The molecule has 0 amide bonds. The molecule has 0 spiro atoms. The summed E-state index contributed by atoms with van der Waals surface area (Å²) in [5, 5.41) is 0. The van der Waals surface area contributed by atoms with Crippen molar-refractivity contribution in [2.75, 3.05) is 11.9 Å². The second-order valence-electron chi connectivity index (χ2n) is 10.8. The maximum Gasteiger partial charge on any atom is 0.0414 e. The van der Waals surface area contributed by atoms with E-state index in [9.17, 15) is 0 Å². The molecule has 0 bridgehead atoms. The second-order valence-corrected chi connectivity index (χ2v) is 10.8. The molecule has 0 unspecified atom stereocenters. The number of anilines is 2. The quantitative estimate of drug-likeness (QED) is 0.204. The Morgan fingerprint density at radius 1 is 0.553 bits per heavy atom. The Morgan fingerprint density at radius 2 is 1.17 bits per heavy atom. The molecule has 0 heterocycles.